The summed E-state index contributed by atoms with van der Waals surface area (Å²) in [6.07, 6.45) is 9.59. The van der Waals surface area contributed by atoms with Gasteiger partial charge in [-0.2, -0.15) is 0 Å². The summed E-state index contributed by atoms with van der Waals surface area (Å²) < 4.78 is 0. The van der Waals surface area contributed by atoms with E-state index in [0.717, 1.165) is 39.0 Å². The Morgan fingerprint density at radius 2 is 1.26 bits per heavy atom. The zero-order valence-corrected chi connectivity index (χ0v) is 12.1. The van der Waals surface area contributed by atoms with Crippen molar-refractivity contribution in [1.82, 2.24) is 10.6 Å². The van der Waals surface area contributed by atoms with Gasteiger partial charge in [-0.3, -0.25) is 4.79 Å². The van der Waals surface area contributed by atoms with Crippen LogP contribution in [0.5, 0.6) is 0 Å². The van der Waals surface area contributed by atoms with E-state index in [1.54, 1.807) is 0 Å². The number of hydrogen-bond acceptors (Lipinski definition) is 4. The van der Waals surface area contributed by atoms with Crippen molar-refractivity contribution in [2.45, 2.75) is 51.4 Å². The summed E-state index contributed by atoms with van der Waals surface area (Å²) in [7, 11) is 0. The normalized spacial score (nSPS) is 10.8. The van der Waals surface area contributed by atoms with Crippen molar-refractivity contribution in [2.75, 3.05) is 32.7 Å². The average molecular weight is 273 g/mol. The van der Waals surface area contributed by atoms with Crippen molar-refractivity contribution in [3.05, 3.63) is 0 Å². The second-order valence-electron chi connectivity index (χ2n) is 4.94. The number of carboxylic acid groups (broad SMARTS) is 1. The molecule has 0 aliphatic carbocycles. The number of rotatable bonds is 15. The van der Waals surface area contributed by atoms with Gasteiger partial charge in [-0.15, -0.1) is 0 Å². The number of carbonyl (C=O) groups is 1. The first-order valence-electron chi connectivity index (χ1n) is 7.60. The maximum Gasteiger partial charge on any atom is 0.317 e. The van der Waals surface area contributed by atoms with Gasteiger partial charge in [-0.1, -0.05) is 25.7 Å². The van der Waals surface area contributed by atoms with E-state index in [1.165, 1.54) is 38.5 Å². The second kappa shape index (κ2) is 15.4. The number of unbranched alkanes of at least 4 members (excludes halogenated alkanes) is 6. The van der Waals surface area contributed by atoms with E-state index in [9.17, 15) is 4.79 Å². The van der Waals surface area contributed by atoms with Crippen LogP contribution >= 0.6 is 0 Å². The highest BCUT2D eigenvalue weighted by Crippen LogP contribution is 1.99. The molecule has 0 aliphatic rings. The molecular weight excluding hydrogens is 242 g/mol. The summed E-state index contributed by atoms with van der Waals surface area (Å²) in [4.78, 5) is 10.2. The molecular formula is C14H31N3O2. The molecule has 0 spiro atoms. The Balaban J connectivity index is 2.93. The van der Waals surface area contributed by atoms with Crippen LogP contribution in [0.2, 0.25) is 0 Å². The summed E-state index contributed by atoms with van der Waals surface area (Å²) >= 11 is 0. The zero-order chi connectivity index (χ0) is 14.2. The van der Waals surface area contributed by atoms with Gasteiger partial charge in [-0.25, -0.2) is 0 Å². The molecule has 0 aliphatic heterocycles. The first-order chi connectivity index (χ1) is 9.27. The molecule has 0 bridgehead atoms. The van der Waals surface area contributed by atoms with Gasteiger partial charge in [-0.05, 0) is 51.9 Å². The van der Waals surface area contributed by atoms with Gasteiger partial charge in [0.1, 0.15) is 0 Å². The lowest BCUT2D eigenvalue weighted by Crippen LogP contribution is -2.23. The Morgan fingerprint density at radius 3 is 1.74 bits per heavy atom. The van der Waals surface area contributed by atoms with Crippen molar-refractivity contribution < 1.29 is 9.90 Å². The van der Waals surface area contributed by atoms with Gasteiger partial charge >= 0.3 is 5.97 Å². The summed E-state index contributed by atoms with van der Waals surface area (Å²) in [6, 6.07) is 0. The highest BCUT2D eigenvalue weighted by atomic mass is 16.4. The number of carboxylic acids is 1. The lowest BCUT2D eigenvalue weighted by atomic mass is 10.2. The first-order valence-corrected chi connectivity index (χ1v) is 7.60. The highest BCUT2D eigenvalue weighted by molar-refractivity contribution is 5.68. The molecule has 0 fully saturated rings. The maximum atomic E-state index is 10.2. The fourth-order valence-electron chi connectivity index (χ4n) is 1.92. The minimum absolute atomic E-state index is 0.0751. The molecule has 0 atom stereocenters. The van der Waals surface area contributed by atoms with Crippen LogP contribution in [0.4, 0.5) is 0 Å². The number of hydrogen-bond donors (Lipinski definition) is 4. The van der Waals surface area contributed by atoms with Crippen LogP contribution in [0.15, 0.2) is 0 Å². The fourth-order valence-corrected chi connectivity index (χ4v) is 1.92. The van der Waals surface area contributed by atoms with Gasteiger partial charge in [0.15, 0.2) is 0 Å². The predicted octanol–water partition coefficient (Wildman–Crippen LogP) is 1.33. The summed E-state index contributed by atoms with van der Waals surface area (Å²) in [5.41, 5.74) is 5.43. The topological polar surface area (TPSA) is 87.4 Å². The monoisotopic (exact) mass is 273 g/mol. The van der Waals surface area contributed by atoms with E-state index in [0.29, 0.717) is 0 Å². The number of nitrogens with two attached hydrogens (primary N) is 1. The van der Waals surface area contributed by atoms with Crippen molar-refractivity contribution >= 4 is 5.97 Å². The van der Waals surface area contributed by atoms with Crippen molar-refractivity contribution in [3.8, 4) is 0 Å². The maximum absolute atomic E-state index is 10.2. The molecule has 0 saturated carbocycles. The fraction of sp³-hybridized carbons (Fsp3) is 0.929. The van der Waals surface area contributed by atoms with E-state index in [1.807, 2.05) is 0 Å². The van der Waals surface area contributed by atoms with Crippen LogP contribution in [0.25, 0.3) is 0 Å². The smallest absolute Gasteiger partial charge is 0.317 e. The van der Waals surface area contributed by atoms with Gasteiger partial charge in [0.2, 0.25) is 0 Å². The third-order valence-corrected chi connectivity index (χ3v) is 3.04. The van der Waals surface area contributed by atoms with Crippen LogP contribution in [0.1, 0.15) is 51.4 Å². The molecule has 0 aromatic carbocycles. The Kier molecular flexibility index (Phi) is 14.9. The van der Waals surface area contributed by atoms with Crippen LogP contribution < -0.4 is 16.4 Å². The van der Waals surface area contributed by atoms with Crippen molar-refractivity contribution in [1.29, 1.82) is 0 Å². The third-order valence-electron chi connectivity index (χ3n) is 3.04. The Hall–Kier alpha value is -0.650. The second-order valence-corrected chi connectivity index (χ2v) is 4.94. The standard InChI is InChI=1S/C14H31N3O2/c15-9-5-1-2-6-10-16-11-7-3-4-8-12-17-13-14(18)19/h16-17H,1-13,15H2,(H,18,19). The summed E-state index contributed by atoms with van der Waals surface area (Å²) in [5, 5.41) is 14.8. The molecule has 0 aromatic heterocycles. The molecule has 5 N–H and O–H groups in total. The summed E-state index contributed by atoms with van der Waals surface area (Å²) in [6.45, 7) is 3.91. The lowest BCUT2D eigenvalue weighted by Gasteiger charge is -2.05. The Bertz CT molecular complexity index is 201. The molecule has 0 radical (unpaired) electrons. The molecule has 0 amide bonds. The average Bonchev–Trinajstić information content (AvgIpc) is 2.39. The van der Waals surface area contributed by atoms with Crippen molar-refractivity contribution in [2.24, 2.45) is 5.73 Å². The SMILES string of the molecule is NCCCCCCNCCCCCCNCC(=O)O. The predicted molar refractivity (Wildman–Crippen MR) is 79.4 cm³/mol. The number of aliphatic carboxylic acids is 1. The Morgan fingerprint density at radius 1 is 0.789 bits per heavy atom. The van der Waals surface area contributed by atoms with E-state index in [-0.39, 0.29) is 6.54 Å². The summed E-state index contributed by atoms with van der Waals surface area (Å²) in [5.74, 6) is -0.782. The minimum Gasteiger partial charge on any atom is -0.480 e. The van der Waals surface area contributed by atoms with Gasteiger partial charge in [0.05, 0.1) is 6.54 Å². The van der Waals surface area contributed by atoms with Crippen LogP contribution in [0.3, 0.4) is 0 Å². The molecule has 0 unspecified atom stereocenters. The third kappa shape index (κ3) is 17.4. The minimum atomic E-state index is -0.782. The largest absolute Gasteiger partial charge is 0.480 e. The zero-order valence-electron chi connectivity index (χ0n) is 12.1. The Labute approximate surface area is 117 Å². The van der Waals surface area contributed by atoms with Gasteiger partial charge in [0.25, 0.3) is 0 Å². The number of nitrogens with one attached hydrogen (secondary N) is 2. The highest BCUT2D eigenvalue weighted by Gasteiger charge is 1.95. The molecule has 5 heteroatoms. The molecule has 19 heavy (non-hydrogen) atoms. The van der Waals surface area contributed by atoms with Crippen LogP contribution in [-0.4, -0.2) is 43.8 Å². The molecule has 0 saturated heterocycles. The van der Waals surface area contributed by atoms with E-state index >= 15 is 0 Å². The van der Waals surface area contributed by atoms with Crippen molar-refractivity contribution in [3.63, 3.8) is 0 Å². The van der Waals surface area contributed by atoms with Gasteiger partial charge < -0.3 is 21.5 Å². The molecule has 5 nitrogen and oxygen atoms in total. The first kappa shape index (κ1) is 18.4. The van der Waals surface area contributed by atoms with Gasteiger partial charge in [0, 0.05) is 0 Å². The molecule has 0 heterocycles. The quantitative estimate of drug-likeness (QED) is 0.338. The molecule has 0 rings (SSSR count). The van der Waals surface area contributed by atoms with Crippen LogP contribution in [-0.2, 0) is 4.79 Å². The van der Waals surface area contributed by atoms with E-state index in [4.69, 9.17) is 10.8 Å². The van der Waals surface area contributed by atoms with E-state index < -0.39 is 5.97 Å². The molecule has 0 aromatic rings. The lowest BCUT2D eigenvalue weighted by molar-refractivity contribution is -0.135. The van der Waals surface area contributed by atoms with E-state index in [2.05, 4.69) is 10.6 Å². The molecule has 114 valence electrons. The van der Waals surface area contributed by atoms with Crippen LogP contribution in [0, 0.1) is 0 Å².